The molecule has 2 aromatic carbocycles. The number of aryl methyl sites for hydroxylation is 1. The molecule has 0 bridgehead atoms. The molecule has 5 heteroatoms. The Balaban J connectivity index is 1.41. The van der Waals surface area contributed by atoms with E-state index in [-0.39, 0.29) is 17.9 Å². The second kappa shape index (κ2) is 10.1. The van der Waals surface area contributed by atoms with Crippen LogP contribution in [0.25, 0.3) is 0 Å². The molecule has 5 nitrogen and oxygen atoms in total. The van der Waals surface area contributed by atoms with Crippen LogP contribution in [0, 0.1) is 6.92 Å². The number of nitrogens with zero attached hydrogens (tertiary/aromatic N) is 3. The second-order valence-electron chi connectivity index (χ2n) is 8.78. The van der Waals surface area contributed by atoms with Gasteiger partial charge in [-0.2, -0.15) is 0 Å². The van der Waals surface area contributed by atoms with Gasteiger partial charge in [-0.1, -0.05) is 60.2 Å². The van der Waals surface area contributed by atoms with Crippen molar-refractivity contribution in [3.63, 3.8) is 0 Å². The number of piperazine rings is 1. The van der Waals surface area contributed by atoms with Crippen LogP contribution in [0.15, 0.2) is 54.6 Å². The van der Waals surface area contributed by atoms with Crippen LogP contribution in [0.2, 0.25) is 0 Å². The largest absolute Gasteiger partial charge is 0.341 e. The van der Waals surface area contributed by atoms with E-state index in [0.29, 0.717) is 19.5 Å². The normalized spacial score (nSPS) is 18.6. The summed E-state index contributed by atoms with van der Waals surface area (Å²) in [6.07, 6.45) is 3.83. The number of carbonyl (C=O) groups is 2. The number of hydrogen-bond acceptors (Lipinski definition) is 3. The van der Waals surface area contributed by atoms with Crippen molar-refractivity contribution in [2.75, 3.05) is 39.3 Å². The highest BCUT2D eigenvalue weighted by Gasteiger charge is 2.34. The van der Waals surface area contributed by atoms with Gasteiger partial charge in [0.05, 0.1) is 6.42 Å². The Labute approximate surface area is 185 Å². The number of amides is 2. The summed E-state index contributed by atoms with van der Waals surface area (Å²) < 4.78 is 0. The van der Waals surface area contributed by atoms with Gasteiger partial charge in [0.1, 0.15) is 6.04 Å². The van der Waals surface area contributed by atoms with Crippen molar-refractivity contribution >= 4 is 11.8 Å². The van der Waals surface area contributed by atoms with Crippen molar-refractivity contribution in [3.8, 4) is 0 Å². The third-order valence-corrected chi connectivity index (χ3v) is 6.53. The smallest absolute Gasteiger partial charge is 0.244 e. The van der Waals surface area contributed by atoms with Crippen LogP contribution < -0.4 is 0 Å². The van der Waals surface area contributed by atoms with Crippen molar-refractivity contribution in [2.24, 2.45) is 0 Å². The van der Waals surface area contributed by atoms with Crippen molar-refractivity contribution < 1.29 is 9.59 Å². The first-order valence-electron chi connectivity index (χ1n) is 11.5. The SMILES string of the molecule is Cc1ccc(CC(=O)N2CCN(C(C(=O)N3CCCCC3)c3ccccc3)CC2)cc1. The minimum Gasteiger partial charge on any atom is -0.341 e. The zero-order valence-corrected chi connectivity index (χ0v) is 18.5. The average molecular weight is 420 g/mol. The predicted octanol–water partition coefficient (Wildman–Crippen LogP) is 3.44. The third kappa shape index (κ3) is 5.34. The minimum absolute atomic E-state index is 0.169. The first-order chi connectivity index (χ1) is 15.1. The molecule has 0 aromatic heterocycles. The Kier molecular flexibility index (Phi) is 7.03. The van der Waals surface area contributed by atoms with Gasteiger partial charge >= 0.3 is 0 Å². The van der Waals surface area contributed by atoms with E-state index in [4.69, 9.17) is 0 Å². The number of likely N-dealkylation sites (tertiary alicyclic amines) is 1. The number of piperidine rings is 1. The fraction of sp³-hybridized carbons (Fsp3) is 0.462. The summed E-state index contributed by atoms with van der Waals surface area (Å²) in [5.41, 5.74) is 3.31. The molecule has 2 saturated heterocycles. The molecule has 0 N–H and O–H groups in total. The molecule has 1 atom stereocenters. The van der Waals surface area contributed by atoms with Gasteiger partial charge in [-0.05, 0) is 37.3 Å². The van der Waals surface area contributed by atoms with E-state index >= 15 is 0 Å². The summed E-state index contributed by atoms with van der Waals surface area (Å²) in [6, 6.07) is 18.0. The number of hydrogen-bond donors (Lipinski definition) is 0. The van der Waals surface area contributed by atoms with Crippen LogP contribution in [0.3, 0.4) is 0 Å². The maximum absolute atomic E-state index is 13.5. The van der Waals surface area contributed by atoms with Gasteiger partial charge in [-0.25, -0.2) is 0 Å². The molecule has 4 rings (SSSR count). The first-order valence-corrected chi connectivity index (χ1v) is 11.5. The molecule has 0 radical (unpaired) electrons. The molecule has 0 aliphatic carbocycles. The van der Waals surface area contributed by atoms with Crippen LogP contribution in [0.5, 0.6) is 0 Å². The van der Waals surface area contributed by atoms with Crippen molar-refractivity contribution in [1.29, 1.82) is 0 Å². The summed E-state index contributed by atoms with van der Waals surface area (Å²) in [7, 11) is 0. The molecule has 2 heterocycles. The molecule has 2 fully saturated rings. The van der Waals surface area contributed by atoms with Crippen molar-refractivity contribution in [1.82, 2.24) is 14.7 Å². The van der Waals surface area contributed by atoms with E-state index in [2.05, 4.69) is 36.1 Å². The summed E-state index contributed by atoms with van der Waals surface area (Å²) >= 11 is 0. The van der Waals surface area contributed by atoms with E-state index in [1.54, 1.807) is 0 Å². The molecule has 0 saturated carbocycles. The van der Waals surface area contributed by atoms with Gasteiger partial charge in [-0.3, -0.25) is 14.5 Å². The van der Waals surface area contributed by atoms with Gasteiger partial charge in [0.15, 0.2) is 0 Å². The summed E-state index contributed by atoms with van der Waals surface area (Å²) in [5.74, 6) is 0.382. The zero-order valence-electron chi connectivity index (χ0n) is 18.5. The fourth-order valence-electron chi connectivity index (χ4n) is 4.65. The Morgan fingerprint density at radius 2 is 1.42 bits per heavy atom. The Hall–Kier alpha value is -2.66. The topological polar surface area (TPSA) is 43.9 Å². The highest BCUT2D eigenvalue weighted by molar-refractivity contribution is 5.83. The third-order valence-electron chi connectivity index (χ3n) is 6.53. The van der Waals surface area contributed by atoms with Gasteiger partial charge in [0.2, 0.25) is 11.8 Å². The van der Waals surface area contributed by atoms with Crippen LogP contribution in [-0.2, 0) is 16.0 Å². The highest BCUT2D eigenvalue weighted by Crippen LogP contribution is 2.26. The van der Waals surface area contributed by atoms with E-state index in [1.807, 2.05) is 40.1 Å². The first kappa shape index (κ1) is 21.6. The van der Waals surface area contributed by atoms with Crippen LogP contribution in [0.4, 0.5) is 0 Å². The molecular weight excluding hydrogens is 386 g/mol. The molecular formula is C26H33N3O2. The molecule has 31 heavy (non-hydrogen) atoms. The zero-order chi connectivity index (χ0) is 21.6. The second-order valence-corrected chi connectivity index (χ2v) is 8.78. The molecule has 2 aliphatic rings. The minimum atomic E-state index is -0.256. The molecule has 0 spiro atoms. The summed E-state index contributed by atoms with van der Waals surface area (Å²) in [5, 5.41) is 0. The van der Waals surface area contributed by atoms with E-state index < -0.39 is 0 Å². The van der Waals surface area contributed by atoms with Gasteiger partial charge < -0.3 is 9.80 Å². The van der Waals surface area contributed by atoms with Crippen LogP contribution in [-0.4, -0.2) is 65.8 Å². The maximum Gasteiger partial charge on any atom is 0.244 e. The fourth-order valence-corrected chi connectivity index (χ4v) is 4.65. The van der Waals surface area contributed by atoms with E-state index in [9.17, 15) is 9.59 Å². The Morgan fingerprint density at radius 1 is 0.774 bits per heavy atom. The lowest BCUT2D eigenvalue weighted by Crippen LogP contribution is -2.53. The molecule has 2 aliphatic heterocycles. The van der Waals surface area contributed by atoms with Gasteiger partial charge in [0.25, 0.3) is 0 Å². The van der Waals surface area contributed by atoms with Crippen LogP contribution in [0.1, 0.15) is 42.0 Å². The average Bonchev–Trinajstić information content (AvgIpc) is 2.82. The number of rotatable bonds is 5. The van der Waals surface area contributed by atoms with Crippen molar-refractivity contribution in [2.45, 2.75) is 38.6 Å². The predicted molar refractivity (Wildman–Crippen MR) is 123 cm³/mol. The lowest BCUT2D eigenvalue weighted by Gasteiger charge is -2.41. The van der Waals surface area contributed by atoms with E-state index in [1.165, 1.54) is 12.0 Å². The lowest BCUT2D eigenvalue weighted by atomic mass is 10.0. The number of carbonyl (C=O) groups excluding carboxylic acids is 2. The Morgan fingerprint density at radius 3 is 2.06 bits per heavy atom. The lowest BCUT2D eigenvalue weighted by molar-refractivity contribution is -0.140. The summed E-state index contributed by atoms with van der Waals surface area (Å²) in [6.45, 7) is 6.55. The standard InChI is InChI=1S/C26H33N3O2/c1-21-10-12-22(13-11-21)20-24(30)27-16-18-28(19-17-27)25(23-8-4-2-5-9-23)26(31)29-14-6-3-7-15-29/h2,4-5,8-13,25H,3,6-7,14-20H2,1H3. The quantitative estimate of drug-likeness (QED) is 0.746. The number of benzene rings is 2. The van der Waals surface area contributed by atoms with Crippen LogP contribution >= 0.6 is 0 Å². The van der Waals surface area contributed by atoms with E-state index in [0.717, 1.165) is 50.1 Å². The molecule has 1 unspecified atom stereocenters. The maximum atomic E-state index is 13.5. The van der Waals surface area contributed by atoms with Gasteiger partial charge in [0, 0.05) is 39.3 Å². The van der Waals surface area contributed by atoms with Gasteiger partial charge in [-0.15, -0.1) is 0 Å². The molecule has 164 valence electrons. The molecule has 2 aromatic rings. The monoisotopic (exact) mass is 419 g/mol. The Bertz CT molecular complexity index is 867. The summed E-state index contributed by atoms with van der Waals surface area (Å²) in [4.78, 5) is 32.5. The van der Waals surface area contributed by atoms with Crippen molar-refractivity contribution in [3.05, 3.63) is 71.3 Å². The molecule has 2 amide bonds. The highest BCUT2D eigenvalue weighted by atomic mass is 16.2.